The number of nitrogens with zero attached hydrogens (tertiary/aromatic N) is 2. The molecule has 4 nitrogen and oxygen atoms in total. The maximum atomic E-state index is 12.0. The molecular weight excluding hydrogens is 216 g/mol. The number of rotatable bonds is 4. The molecule has 2 heterocycles. The highest BCUT2D eigenvalue weighted by Crippen LogP contribution is 2.18. The number of pyridine rings is 1. The summed E-state index contributed by atoms with van der Waals surface area (Å²) in [6.45, 7) is 0.871. The van der Waals surface area contributed by atoms with E-state index in [-0.39, 0.29) is 18.6 Å². The lowest BCUT2D eigenvalue weighted by Gasteiger charge is -2.22. The van der Waals surface area contributed by atoms with Crippen molar-refractivity contribution in [2.75, 3.05) is 13.2 Å². The predicted octanol–water partition coefficient (Wildman–Crippen LogP) is 0.998. The first-order valence-electron chi connectivity index (χ1n) is 6.10. The third-order valence-corrected chi connectivity index (χ3v) is 3.26. The summed E-state index contributed by atoms with van der Waals surface area (Å²) in [7, 11) is 0. The third-order valence-electron chi connectivity index (χ3n) is 3.26. The fraction of sp³-hybridized carbons (Fsp3) is 0.538. The molecule has 0 spiro atoms. The van der Waals surface area contributed by atoms with E-state index in [1.54, 1.807) is 12.4 Å². The quantitative estimate of drug-likeness (QED) is 0.845. The van der Waals surface area contributed by atoms with Crippen LogP contribution in [-0.4, -0.2) is 40.1 Å². The number of hydrogen-bond donors (Lipinski definition) is 1. The summed E-state index contributed by atoms with van der Waals surface area (Å²) in [5, 5.41) is 9.17. The Morgan fingerprint density at radius 3 is 3.18 bits per heavy atom. The lowest BCUT2D eigenvalue weighted by Crippen LogP contribution is -2.37. The van der Waals surface area contributed by atoms with Gasteiger partial charge in [-0.2, -0.15) is 0 Å². The van der Waals surface area contributed by atoms with Crippen LogP contribution in [0.5, 0.6) is 0 Å². The second-order valence-electron chi connectivity index (χ2n) is 4.43. The van der Waals surface area contributed by atoms with Crippen molar-refractivity contribution in [3.8, 4) is 0 Å². The Kier molecular flexibility index (Phi) is 4.09. The minimum Gasteiger partial charge on any atom is -0.394 e. The van der Waals surface area contributed by atoms with Crippen molar-refractivity contribution in [3.05, 3.63) is 30.1 Å². The van der Waals surface area contributed by atoms with Gasteiger partial charge in [-0.25, -0.2) is 0 Å². The number of aromatic nitrogens is 1. The first-order valence-corrected chi connectivity index (χ1v) is 6.10. The van der Waals surface area contributed by atoms with Crippen molar-refractivity contribution in [1.82, 2.24) is 9.88 Å². The zero-order valence-electron chi connectivity index (χ0n) is 9.88. The number of likely N-dealkylation sites (tertiary alicyclic amines) is 1. The van der Waals surface area contributed by atoms with Crippen LogP contribution in [-0.2, 0) is 11.2 Å². The molecule has 1 aliphatic heterocycles. The minimum absolute atomic E-state index is 0.0383. The first-order chi connectivity index (χ1) is 8.31. The number of carbonyl (C=O) groups is 1. The highest BCUT2D eigenvalue weighted by Gasteiger charge is 2.27. The van der Waals surface area contributed by atoms with Gasteiger partial charge in [-0.15, -0.1) is 0 Å². The van der Waals surface area contributed by atoms with E-state index < -0.39 is 0 Å². The number of aryl methyl sites for hydroxylation is 1. The Bertz CT molecular complexity index is 367. The maximum absolute atomic E-state index is 12.0. The van der Waals surface area contributed by atoms with Crippen molar-refractivity contribution in [3.63, 3.8) is 0 Å². The van der Waals surface area contributed by atoms with Crippen LogP contribution in [0.1, 0.15) is 24.8 Å². The van der Waals surface area contributed by atoms with E-state index in [0.717, 1.165) is 31.4 Å². The summed E-state index contributed by atoms with van der Waals surface area (Å²) in [4.78, 5) is 17.8. The van der Waals surface area contributed by atoms with Crippen LogP contribution in [0.25, 0.3) is 0 Å². The molecule has 92 valence electrons. The van der Waals surface area contributed by atoms with E-state index >= 15 is 0 Å². The molecule has 0 radical (unpaired) electrons. The van der Waals surface area contributed by atoms with Gasteiger partial charge in [0.1, 0.15) is 0 Å². The number of aliphatic hydroxyl groups excluding tert-OH is 1. The monoisotopic (exact) mass is 234 g/mol. The minimum atomic E-state index is 0.0383. The summed E-state index contributed by atoms with van der Waals surface area (Å²) in [5.74, 6) is 0.144. The van der Waals surface area contributed by atoms with Crippen LogP contribution >= 0.6 is 0 Å². The maximum Gasteiger partial charge on any atom is 0.223 e. The topological polar surface area (TPSA) is 53.4 Å². The molecule has 1 N–H and O–H groups in total. The fourth-order valence-corrected chi connectivity index (χ4v) is 2.29. The van der Waals surface area contributed by atoms with Crippen LogP contribution in [0.3, 0.4) is 0 Å². The summed E-state index contributed by atoms with van der Waals surface area (Å²) in [6.07, 6.45) is 6.68. The van der Waals surface area contributed by atoms with Crippen LogP contribution in [0.2, 0.25) is 0 Å². The van der Waals surface area contributed by atoms with Gasteiger partial charge in [0, 0.05) is 25.4 Å². The van der Waals surface area contributed by atoms with Gasteiger partial charge in [0.15, 0.2) is 0 Å². The Morgan fingerprint density at radius 1 is 1.59 bits per heavy atom. The molecule has 0 saturated carbocycles. The van der Waals surface area contributed by atoms with Crippen molar-refractivity contribution in [1.29, 1.82) is 0 Å². The largest absolute Gasteiger partial charge is 0.394 e. The number of hydrogen-bond acceptors (Lipinski definition) is 3. The zero-order chi connectivity index (χ0) is 12.1. The van der Waals surface area contributed by atoms with Crippen molar-refractivity contribution in [2.24, 2.45) is 0 Å². The lowest BCUT2D eigenvalue weighted by atomic mass is 10.1. The number of amides is 1. The smallest absolute Gasteiger partial charge is 0.223 e. The fourth-order valence-electron chi connectivity index (χ4n) is 2.29. The molecule has 1 amide bonds. The summed E-state index contributed by atoms with van der Waals surface area (Å²) >= 11 is 0. The highest BCUT2D eigenvalue weighted by atomic mass is 16.3. The van der Waals surface area contributed by atoms with Crippen LogP contribution < -0.4 is 0 Å². The SMILES string of the molecule is O=C(CCc1cccnc1)N1CCC[C@H]1CO. The Balaban J connectivity index is 1.85. The van der Waals surface area contributed by atoms with Crippen molar-refractivity contribution < 1.29 is 9.90 Å². The molecule has 1 atom stereocenters. The highest BCUT2D eigenvalue weighted by molar-refractivity contribution is 5.77. The number of aliphatic hydroxyl groups is 1. The van der Waals surface area contributed by atoms with E-state index in [1.807, 2.05) is 17.0 Å². The molecule has 0 bridgehead atoms. The molecular formula is C13H18N2O2. The van der Waals surface area contributed by atoms with Crippen molar-refractivity contribution in [2.45, 2.75) is 31.7 Å². The summed E-state index contributed by atoms with van der Waals surface area (Å²) in [5.41, 5.74) is 1.08. The van der Waals surface area contributed by atoms with Gasteiger partial charge in [-0.1, -0.05) is 6.07 Å². The molecule has 1 aromatic heterocycles. The summed E-state index contributed by atoms with van der Waals surface area (Å²) < 4.78 is 0. The molecule has 0 aromatic carbocycles. The van der Waals surface area contributed by atoms with Gasteiger partial charge in [-0.3, -0.25) is 9.78 Å². The van der Waals surface area contributed by atoms with E-state index in [0.29, 0.717) is 6.42 Å². The second kappa shape index (κ2) is 5.77. The summed E-state index contributed by atoms with van der Waals surface area (Å²) in [6, 6.07) is 3.90. The van der Waals surface area contributed by atoms with E-state index in [9.17, 15) is 4.79 Å². The van der Waals surface area contributed by atoms with E-state index in [2.05, 4.69) is 4.98 Å². The van der Waals surface area contributed by atoms with Gasteiger partial charge < -0.3 is 10.0 Å². The van der Waals surface area contributed by atoms with E-state index in [1.165, 1.54) is 0 Å². The molecule has 2 rings (SSSR count). The average Bonchev–Trinajstić information content (AvgIpc) is 2.85. The molecule has 1 saturated heterocycles. The van der Waals surface area contributed by atoms with Crippen LogP contribution in [0, 0.1) is 0 Å². The average molecular weight is 234 g/mol. The lowest BCUT2D eigenvalue weighted by molar-refractivity contribution is -0.132. The predicted molar refractivity (Wildman–Crippen MR) is 64.4 cm³/mol. The van der Waals surface area contributed by atoms with Crippen LogP contribution in [0.4, 0.5) is 0 Å². The molecule has 17 heavy (non-hydrogen) atoms. The van der Waals surface area contributed by atoms with Crippen molar-refractivity contribution >= 4 is 5.91 Å². The molecule has 4 heteroatoms. The first kappa shape index (κ1) is 12.0. The standard InChI is InChI=1S/C13H18N2O2/c16-10-12-4-2-8-15(12)13(17)6-5-11-3-1-7-14-9-11/h1,3,7,9,12,16H,2,4-6,8,10H2/t12-/m0/s1. The molecule has 0 aliphatic carbocycles. The van der Waals surface area contributed by atoms with Crippen LogP contribution in [0.15, 0.2) is 24.5 Å². The molecule has 1 fully saturated rings. The van der Waals surface area contributed by atoms with Gasteiger partial charge in [0.25, 0.3) is 0 Å². The van der Waals surface area contributed by atoms with Gasteiger partial charge in [0.05, 0.1) is 12.6 Å². The Labute approximate surface area is 101 Å². The molecule has 0 unspecified atom stereocenters. The normalized spacial score (nSPS) is 19.6. The van der Waals surface area contributed by atoms with E-state index in [4.69, 9.17) is 5.11 Å². The number of carbonyl (C=O) groups excluding carboxylic acids is 1. The second-order valence-corrected chi connectivity index (χ2v) is 4.43. The van der Waals surface area contributed by atoms with Gasteiger partial charge in [-0.05, 0) is 30.9 Å². The molecule has 1 aromatic rings. The van der Waals surface area contributed by atoms with Gasteiger partial charge >= 0.3 is 0 Å². The molecule has 1 aliphatic rings. The third kappa shape index (κ3) is 3.03. The Hall–Kier alpha value is -1.42. The Morgan fingerprint density at radius 2 is 2.47 bits per heavy atom. The zero-order valence-corrected chi connectivity index (χ0v) is 9.88. The van der Waals surface area contributed by atoms with Gasteiger partial charge in [0.2, 0.25) is 5.91 Å².